The van der Waals surface area contributed by atoms with Gasteiger partial charge >= 0.3 is 0 Å². The maximum absolute atomic E-state index is 12.3. The minimum Gasteiger partial charge on any atom is -0.487 e. The van der Waals surface area contributed by atoms with Gasteiger partial charge in [-0.05, 0) is 31.2 Å². The molecule has 0 atom stereocenters. The second-order valence-electron chi connectivity index (χ2n) is 4.94. The molecule has 0 saturated heterocycles. The number of hydrogen-bond donors (Lipinski definition) is 0. The SMILES string of the molecule is Cc1cc(COc2ccc(C(=O)c3ccccc3)cc2)no1. The number of hydrogen-bond acceptors (Lipinski definition) is 4. The molecule has 0 spiro atoms. The van der Waals surface area contributed by atoms with Crippen LogP contribution in [0.4, 0.5) is 0 Å². The van der Waals surface area contributed by atoms with Crippen LogP contribution in [0.25, 0.3) is 0 Å². The molecule has 0 radical (unpaired) electrons. The van der Waals surface area contributed by atoms with E-state index in [0.29, 0.717) is 23.5 Å². The summed E-state index contributed by atoms with van der Waals surface area (Å²) in [5.41, 5.74) is 2.05. The van der Waals surface area contributed by atoms with Crippen molar-refractivity contribution in [3.63, 3.8) is 0 Å². The second-order valence-corrected chi connectivity index (χ2v) is 4.94. The smallest absolute Gasteiger partial charge is 0.193 e. The zero-order chi connectivity index (χ0) is 15.4. The first-order chi connectivity index (χ1) is 10.7. The Bertz CT molecular complexity index is 761. The van der Waals surface area contributed by atoms with Crippen molar-refractivity contribution in [2.75, 3.05) is 0 Å². The first-order valence-corrected chi connectivity index (χ1v) is 6.97. The van der Waals surface area contributed by atoms with E-state index in [2.05, 4.69) is 5.16 Å². The molecule has 0 amide bonds. The van der Waals surface area contributed by atoms with Gasteiger partial charge in [0.05, 0.1) is 0 Å². The summed E-state index contributed by atoms with van der Waals surface area (Å²) >= 11 is 0. The highest BCUT2D eigenvalue weighted by Crippen LogP contribution is 2.16. The monoisotopic (exact) mass is 293 g/mol. The number of carbonyl (C=O) groups is 1. The average molecular weight is 293 g/mol. The third-order valence-electron chi connectivity index (χ3n) is 3.22. The van der Waals surface area contributed by atoms with Crippen LogP contribution in [0.1, 0.15) is 27.4 Å². The fourth-order valence-electron chi connectivity index (χ4n) is 2.10. The van der Waals surface area contributed by atoms with Crippen LogP contribution >= 0.6 is 0 Å². The molecule has 3 rings (SSSR count). The average Bonchev–Trinajstić information content (AvgIpc) is 2.99. The van der Waals surface area contributed by atoms with Gasteiger partial charge in [-0.25, -0.2) is 0 Å². The molecule has 3 aromatic rings. The number of ether oxygens (including phenoxy) is 1. The maximum atomic E-state index is 12.3. The lowest BCUT2D eigenvalue weighted by Crippen LogP contribution is -2.01. The number of benzene rings is 2. The topological polar surface area (TPSA) is 52.3 Å². The standard InChI is InChI=1S/C18H15NO3/c1-13-11-16(19-22-13)12-21-17-9-7-15(8-10-17)18(20)14-5-3-2-4-6-14/h2-11H,12H2,1H3. The molecule has 1 aromatic heterocycles. The highest BCUT2D eigenvalue weighted by molar-refractivity contribution is 6.08. The van der Waals surface area contributed by atoms with E-state index in [0.717, 1.165) is 11.5 Å². The molecule has 4 nitrogen and oxygen atoms in total. The van der Waals surface area contributed by atoms with E-state index in [1.807, 2.05) is 31.2 Å². The molecule has 0 aliphatic carbocycles. The Balaban J connectivity index is 1.66. The Morgan fingerprint density at radius 2 is 1.73 bits per heavy atom. The first kappa shape index (κ1) is 14.1. The molecule has 0 fully saturated rings. The summed E-state index contributed by atoms with van der Waals surface area (Å²) in [7, 11) is 0. The molecule has 1 heterocycles. The van der Waals surface area contributed by atoms with Gasteiger partial charge in [0.2, 0.25) is 0 Å². The van der Waals surface area contributed by atoms with Crippen molar-refractivity contribution in [3.8, 4) is 5.75 Å². The third kappa shape index (κ3) is 3.23. The highest BCUT2D eigenvalue weighted by atomic mass is 16.5. The predicted octanol–water partition coefficient (Wildman–Crippen LogP) is 3.79. The fraction of sp³-hybridized carbons (Fsp3) is 0.111. The molecule has 0 saturated carbocycles. The van der Waals surface area contributed by atoms with E-state index >= 15 is 0 Å². The minimum atomic E-state index is -0.000670. The first-order valence-electron chi connectivity index (χ1n) is 6.97. The van der Waals surface area contributed by atoms with Crippen molar-refractivity contribution in [2.24, 2.45) is 0 Å². The van der Waals surface area contributed by atoms with Crippen molar-refractivity contribution < 1.29 is 14.1 Å². The van der Waals surface area contributed by atoms with Gasteiger partial charge in [0.1, 0.15) is 23.8 Å². The summed E-state index contributed by atoms with van der Waals surface area (Å²) in [6.07, 6.45) is 0. The Morgan fingerprint density at radius 3 is 2.36 bits per heavy atom. The molecule has 0 unspecified atom stereocenters. The van der Waals surface area contributed by atoms with Gasteiger partial charge in [-0.3, -0.25) is 4.79 Å². The van der Waals surface area contributed by atoms with E-state index in [-0.39, 0.29) is 5.78 Å². The number of rotatable bonds is 5. The molecule has 0 N–H and O–H groups in total. The van der Waals surface area contributed by atoms with Crippen LogP contribution in [-0.4, -0.2) is 10.9 Å². The van der Waals surface area contributed by atoms with Crippen molar-refractivity contribution >= 4 is 5.78 Å². The second kappa shape index (κ2) is 6.26. The number of carbonyl (C=O) groups excluding carboxylic acids is 1. The lowest BCUT2D eigenvalue weighted by atomic mass is 10.0. The molecule has 4 heteroatoms. The van der Waals surface area contributed by atoms with Gasteiger partial charge in [-0.15, -0.1) is 0 Å². The Morgan fingerprint density at radius 1 is 1.05 bits per heavy atom. The van der Waals surface area contributed by atoms with Crippen LogP contribution in [-0.2, 0) is 6.61 Å². The van der Waals surface area contributed by atoms with Crippen LogP contribution in [0.15, 0.2) is 65.2 Å². The zero-order valence-corrected chi connectivity index (χ0v) is 12.2. The van der Waals surface area contributed by atoms with E-state index in [9.17, 15) is 4.79 Å². The summed E-state index contributed by atoms with van der Waals surface area (Å²) < 4.78 is 10.6. The molecule has 0 aliphatic rings. The summed E-state index contributed by atoms with van der Waals surface area (Å²) in [6.45, 7) is 2.17. The largest absolute Gasteiger partial charge is 0.487 e. The van der Waals surface area contributed by atoms with Crippen molar-refractivity contribution in [1.82, 2.24) is 5.16 Å². The molecule has 0 aliphatic heterocycles. The van der Waals surface area contributed by atoms with Gasteiger partial charge < -0.3 is 9.26 Å². The summed E-state index contributed by atoms with van der Waals surface area (Å²) in [4.78, 5) is 12.3. The summed E-state index contributed by atoms with van der Waals surface area (Å²) in [5.74, 6) is 1.44. The quantitative estimate of drug-likeness (QED) is 0.671. The van der Waals surface area contributed by atoms with E-state index in [1.165, 1.54) is 0 Å². The number of aromatic nitrogens is 1. The molecule has 0 bridgehead atoms. The van der Waals surface area contributed by atoms with Crippen LogP contribution in [0.3, 0.4) is 0 Å². The highest BCUT2D eigenvalue weighted by Gasteiger charge is 2.08. The zero-order valence-electron chi connectivity index (χ0n) is 12.2. The normalized spacial score (nSPS) is 10.4. The molecular formula is C18H15NO3. The maximum Gasteiger partial charge on any atom is 0.193 e. The van der Waals surface area contributed by atoms with E-state index < -0.39 is 0 Å². The third-order valence-corrected chi connectivity index (χ3v) is 3.22. The lowest BCUT2D eigenvalue weighted by molar-refractivity contribution is 0.103. The summed E-state index contributed by atoms with van der Waals surface area (Å²) in [6, 6.07) is 18.1. The van der Waals surface area contributed by atoms with Gasteiger partial charge in [0.25, 0.3) is 0 Å². The van der Waals surface area contributed by atoms with Gasteiger partial charge in [0.15, 0.2) is 5.78 Å². The minimum absolute atomic E-state index is 0.000670. The number of aryl methyl sites for hydroxylation is 1. The Kier molecular flexibility index (Phi) is 4.01. The van der Waals surface area contributed by atoms with Crippen molar-refractivity contribution in [1.29, 1.82) is 0 Å². The van der Waals surface area contributed by atoms with Crippen molar-refractivity contribution in [3.05, 3.63) is 83.2 Å². The fourth-order valence-corrected chi connectivity index (χ4v) is 2.10. The van der Waals surface area contributed by atoms with E-state index in [1.54, 1.807) is 36.4 Å². The van der Waals surface area contributed by atoms with Crippen LogP contribution in [0, 0.1) is 6.92 Å². The Hall–Kier alpha value is -2.88. The lowest BCUT2D eigenvalue weighted by Gasteiger charge is -2.05. The van der Waals surface area contributed by atoms with E-state index in [4.69, 9.17) is 9.26 Å². The predicted molar refractivity (Wildman–Crippen MR) is 81.9 cm³/mol. The van der Waals surface area contributed by atoms with Gasteiger partial charge in [-0.1, -0.05) is 35.5 Å². The van der Waals surface area contributed by atoms with Gasteiger partial charge in [0, 0.05) is 17.2 Å². The number of nitrogens with zero attached hydrogens (tertiary/aromatic N) is 1. The molecule has 110 valence electrons. The molecule has 2 aromatic carbocycles. The molecular weight excluding hydrogens is 278 g/mol. The molecule has 22 heavy (non-hydrogen) atoms. The van der Waals surface area contributed by atoms with Gasteiger partial charge in [-0.2, -0.15) is 0 Å². The summed E-state index contributed by atoms with van der Waals surface area (Å²) in [5, 5.41) is 3.86. The van der Waals surface area contributed by atoms with Crippen molar-refractivity contribution in [2.45, 2.75) is 13.5 Å². The number of ketones is 1. The Labute approximate surface area is 128 Å². The van der Waals surface area contributed by atoms with Crippen LogP contribution in [0.2, 0.25) is 0 Å². The van der Waals surface area contributed by atoms with Crippen LogP contribution in [0.5, 0.6) is 5.75 Å². The van der Waals surface area contributed by atoms with Crippen LogP contribution < -0.4 is 4.74 Å².